The number of thioether (sulfide) groups is 1. The van der Waals surface area contributed by atoms with E-state index in [1.54, 1.807) is 23.7 Å². The number of nitrogens with one attached hydrogen (secondary N) is 2. The average molecular weight is 554 g/mol. The average Bonchev–Trinajstić information content (AvgIpc) is 3.08. The molecule has 168 valence electrons. The van der Waals surface area contributed by atoms with E-state index in [1.165, 1.54) is 18.2 Å². The van der Waals surface area contributed by atoms with Gasteiger partial charge < -0.3 is 15.2 Å². The molecule has 0 saturated carbocycles. The molecule has 0 fully saturated rings. The lowest BCUT2D eigenvalue weighted by Crippen LogP contribution is -2.24. The van der Waals surface area contributed by atoms with Crippen LogP contribution < -0.4 is 10.6 Å². The first kappa shape index (κ1) is 25.0. The van der Waals surface area contributed by atoms with Gasteiger partial charge in [0.15, 0.2) is 11.0 Å². The van der Waals surface area contributed by atoms with Gasteiger partial charge in [-0.3, -0.25) is 9.59 Å². The molecule has 2 amide bonds. The Morgan fingerprint density at radius 1 is 0.969 bits per heavy atom. The third-order valence-electron chi connectivity index (χ3n) is 4.12. The molecule has 0 aliphatic heterocycles. The topological polar surface area (TPSA) is 88.9 Å². The summed E-state index contributed by atoms with van der Waals surface area (Å²) in [7, 11) is 1.73. The first-order valence-electron chi connectivity index (χ1n) is 8.84. The second-order valence-corrected chi connectivity index (χ2v) is 9.36. The van der Waals surface area contributed by atoms with Gasteiger partial charge in [0.1, 0.15) is 0 Å². The van der Waals surface area contributed by atoms with Gasteiger partial charge in [0.25, 0.3) is 5.91 Å². The third-order valence-corrected chi connectivity index (χ3v) is 6.69. The van der Waals surface area contributed by atoms with Crippen LogP contribution in [0.3, 0.4) is 0 Å². The molecule has 7 nitrogen and oxygen atoms in total. The van der Waals surface area contributed by atoms with Crippen LogP contribution in [0.5, 0.6) is 0 Å². The summed E-state index contributed by atoms with van der Waals surface area (Å²) in [5, 5.41) is 15.5. The minimum atomic E-state index is -0.336. The van der Waals surface area contributed by atoms with Crippen molar-refractivity contribution < 1.29 is 9.59 Å². The zero-order valence-electron chi connectivity index (χ0n) is 16.3. The molecule has 0 aliphatic carbocycles. The van der Waals surface area contributed by atoms with E-state index < -0.39 is 0 Å². The van der Waals surface area contributed by atoms with E-state index in [4.69, 9.17) is 58.0 Å². The number of amides is 2. The summed E-state index contributed by atoms with van der Waals surface area (Å²) >= 11 is 31.0. The van der Waals surface area contributed by atoms with Crippen LogP contribution in [0.15, 0.2) is 35.5 Å². The number of rotatable bonds is 7. The summed E-state index contributed by atoms with van der Waals surface area (Å²) in [5.74, 6) is -0.128. The molecule has 2 N–H and O–H groups in total. The summed E-state index contributed by atoms with van der Waals surface area (Å²) in [4.78, 5) is 24.6. The zero-order valence-corrected chi connectivity index (χ0v) is 20.9. The Kier molecular flexibility index (Phi) is 8.55. The van der Waals surface area contributed by atoms with Gasteiger partial charge in [0.2, 0.25) is 5.91 Å². The zero-order chi connectivity index (χ0) is 23.4. The SMILES string of the molecule is Cn1c(CNC(=O)c2ccc(Cl)c(Cl)c2)nnc1SCC(=O)Nc1c(Cl)cc(Cl)cc1Cl. The molecule has 1 aromatic heterocycles. The molecule has 1 heterocycles. The van der Waals surface area contributed by atoms with Crippen molar-refractivity contribution in [3.63, 3.8) is 0 Å². The summed E-state index contributed by atoms with van der Waals surface area (Å²) < 4.78 is 1.68. The molecule has 0 saturated heterocycles. The molecule has 0 bridgehead atoms. The van der Waals surface area contributed by atoms with Gasteiger partial charge in [0, 0.05) is 17.6 Å². The van der Waals surface area contributed by atoms with E-state index in [1.807, 2.05) is 0 Å². The Hall–Kier alpha value is -1.68. The van der Waals surface area contributed by atoms with Crippen molar-refractivity contribution in [3.8, 4) is 0 Å². The van der Waals surface area contributed by atoms with Gasteiger partial charge in [-0.1, -0.05) is 69.8 Å². The van der Waals surface area contributed by atoms with Crippen LogP contribution in [0, 0.1) is 0 Å². The van der Waals surface area contributed by atoms with E-state index in [-0.39, 0.29) is 44.9 Å². The smallest absolute Gasteiger partial charge is 0.251 e. The Bertz CT molecular complexity index is 1160. The molecule has 0 aliphatic rings. The minimum Gasteiger partial charge on any atom is -0.345 e. The number of halogens is 5. The largest absolute Gasteiger partial charge is 0.345 e. The van der Waals surface area contributed by atoms with Crippen molar-refractivity contribution in [2.24, 2.45) is 7.05 Å². The van der Waals surface area contributed by atoms with Gasteiger partial charge in [-0.25, -0.2) is 0 Å². The minimum absolute atomic E-state index is 0.0386. The fourth-order valence-corrected chi connectivity index (χ4v) is 4.43. The highest BCUT2D eigenvalue weighted by Gasteiger charge is 2.15. The van der Waals surface area contributed by atoms with Gasteiger partial charge in [-0.2, -0.15) is 0 Å². The number of carbonyl (C=O) groups is 2. The number of hydrogen-bond acceptors (Lipinski definition) is 5. The number of carbonyl (C=O) groups excluding carboxylic acids is 2. The first-order chi connectivity index (χ1) is 15.2. The predicted octanol–water partition coefficient (Wildman–Crippen LogP) is 5.74. The van der Waals surface area contributed by atoms with E-state index >= 15 is 0 Å². The maximum Gasteiger partial charge on any atom is 0.251 e. The van der Waals surface area contributed by atoms with Crippen LogP contribution in [-0.4, -0.2) is 32.3 Å². The molecule has 0 unspecified atom stereocenters. The summed E-state index contributed by atoms with van der Waals surface area (Å²) in [6.07, 6.45) is 0. The van der Waals surface area contributed by atoms with E-state index in [0.29, 0.717) is 26.6 Å². The van der Waals surface area contributed by atoms with Crippen molar-refractivity contribution in [2.75, 3.05) is 11.1 Å². The van der Waals surface area contributed by atoms with E-state index in [9.17, 15) is 9.59 Å². The molecular weight excluding hydrogens is 540 g/mol. The molecule has 0 atom stereocenters. The highest BCUT2D eigenvalue weighted by Crippen LogP contribution is 2.33. The van der Waals surface area contributed by atoms with Crippen LogP contribution in [0.2, 0.25) is 25.1 Å². The van der Waals surface area contributed by atoms with Crippen LogP contribution in [0.25, 0.3) is 0 Å². The van der Waals surface area contributed by atoms with Crippen molar-refractivity contribution >= 4 is 87.3 Å². The van der Waals surface area contributed by atoms with Gasteiger partial charge in [-0.05, 0) is 30.3 Å². The number of anilines is 1. The van der Waals surface area contributed by atoms with Gasteiger partial charge in [0.05, 0.1) is 38.1 Å². The Morgan fingerprint density at radius 2 is 1.66 bits per heavy atom. The summed E-state index contributed by atoms with van der Waals surface area (Å²) in [6.45, 7) is 0.130. The van der Waals surface area contributed by atoms with Crippen LogP contribution in [-0.2, 0) is 18.4 Å². The number of benzene rings is 2. The van der Waals surface area contributed by atoms with E-state index in [2.05, 4.69) is 20.8 Å². The van der Waals surface area contributed by atoms with Crippen LogP contribution >= 0.6 is 69.8 Å². The van der Waals surface area contributed by atoms with Crippen molar-refractivity contribution in [1.29, 1.82) is 0 Å². The Morgan fingerprint density at radius 3 is 2.31 bits per heavy atom. The molecule has 3 rings (SSSR count). The molecule has 13 heteroatoms. The normalized spacial score (nSPS) is 10.8. The summed E-state index contributed by atoms with van der Waals surface area (Å²) in [6, 6.07) is 7.57. The molecule has 0 radical (unpaired) electrons. The molecular formula is C19H14Cl5N5O2S. The quantitative estimate of drug-likeness (QED) is 0.364. The first-order valence-corrected chi connectivity index (χ1v) is 11.7. The molecule has 3 aromatic rings. The Balaban J connectivity index is 1.56. The number of aromatic nitrogens is 3. The summed E-state index contributed by atoms with van der Waals surface area (Å²) in [5.41, 5.74) is 0.652. The maximum atomic E-state index is 12.3. The van der Waals surface area contributed by atoms with Gasteiger partial charge >= 0.3 is 0 Å². The second-order valence-electron chi connectivity index (χ2n) is 6.35. The molecule has 0 spiro atoms. The van der Waals surface area contributed by atoms with Crippen molar-refractivity contribution in [1.82, 2.24) is 20.1 Å². The lowest BCUT2D eigenvalue weighted by atomic mass is 10.2. The molecule has 32 heavy (non-hydrogen) atoms. The van der Waals surface area contributed by atoms with Crippen LogP contribution in [0.4, 0.5) is 5.69 Å². The number of nitrogens with zero attached hydrogens (tertiary/aromatic N) is 3. The Labute approximate surface area is 212 Å². The molecule has 2 aromatic carbocycles. The predicted molar refractivity (Wildman–Crippen MR) is 129 cm³/mol. The lowest BCUT2D eigenvalue weighted by molar-refractivity contribution is -0.113. The van der Waals surface area contributed by atoms with E-state index in [0.717, 1.165) is 11.8 Å². The van der Waals surface area contributed by atoms with Crippen molar-refractivity contribution in [3.05, 3.63) is 66.8 Å². The highest BCUT2D eigenvalue weighted by atomic mass is 35.5. The highest BCUT2D eigenvalue weighted by molar-refractivity contribution is 7.99. The number of hydrogen-bond donors (Lipinski definition) is 2. The monoisotopic (exact) mass is 551 g/mol. The fourth-order valence-electron chi connectivity index (χ4n) is 2.49. The lowest BCUT2D eigenvalue weighted by Gasteiger charge is -2.10. The maximum absolute atomic E-state index is 12.3. The van der Waals surface area contributed by atoms with Gasteiger partial charge in [-0.15, -0.1) is 10.2 Å². The fraction of sp³-hybridized carbons (Fsp3) is 0.158. The van der Waals surface area contributed by atoms with Crippen molar-refractivity contribution in [2.45, 2.75) is 11.7 Å². The third kappa shape index (κ3) is 6.21. The standard InChI is InChI=1S/C19H14Cl5N5O2S/c1-29-15(7-25-18(31)9-2-3-11(21)12(22)4-9)27-28-19(29)32-8-16(30)26-17-13(23)5-10(20)6-14(17)24/h2-6H,7-8H2,1H3,(H,25,31)(H,26,30). The second kappa shape index (κ2) is 11.0. The van der Waals surface area contributed by atoms with Crippen LogP contribution in [0.1, 0.15) is 16.2 Å².